The monoisotopic (exact) mass is 364 g/mol. The summed E-state index contributed by atoms with van der Waals surface area (Å²) in [6.07, 6.45) is 0. The van der Waals surface area contributed by atoms with Crippen LogP contribution in [0.5, 0.6) is 0 Å². The summed E-state index contributed by atoms with van der Waals surface area (Å²) in [7, 11) is 3.18. The van der Waals surface area contributed by atoms with Crippen LogP contribution in [0.2, 0.25) is 0 Å². The molecule has 24 heavy (non-hydrogen) atoms. The Bertz CT molecular complexity index is 708. The average Bonchev–Trinajstić information content (AvgIpc) is 2.60. The quantitative estimate of drug-likeness (QED) is 0.730. The van der Waals surface area contributed by atoms with Crippen molar-refractivity contribution in [2.45, 2.75) is 11.8 Å². The van der Waals surface area contributed by atoms with Gasteiger partial charge in [-0.15, -0.1) is 0 Å². The molecule has 0 heterocycles. The summed E-state index contributed by atoms with van der Waals surface area (Å²) in [5.41, 5.74) is 1.02. The van der Waals surface area contributed by atoms with Crippen molar-refractivity contribution in [2.75, 3.05) is 17.6 Å². The normalized spacial score (nSPS) is 10.2. The summed E-state index contributed by atoms with van der Waals surface area (Å²) in [5.74, 6) is -0.117. The number of carbonyl (C=O) groups excluding carboxylic acids is 2. The second-order valence-electron chi connectivity index (χ2n) is 4.72. The number of nitrogens with one attached hydrogen (secondary N) is 2. The molecule has 0 radical (unpaired) electrons. The Kier molecular flexibility index (Phi) is 7.14. The molecule has 0 saturated carbocycles. The van der Waals surface area contributed by atoms with Gasteiger partial charge in [-0.05, 0) is 36.4 Å². The smallest absolute Gasteiger partial charge is 0.252 e. The second kappa shape index (κ2) is 9.34. The fourth-order valence-electron chi connectivity index (χ4n) is 1.84. The van der Waals surface area contributed by atoms with Crippen LogP contribution in [0, 0.1) is 5.82 Å². The van der Waals surface area contributed by atoms with Gasteiger partial charge in [0.05, 0.1) is 12.1 Å². The Labute approximate surface area is 148 Å². The largest absolute Gasteiger partial charge is 0.343 e. The third kappa shape index (κ3) is 5.58. The zero-order valence-electron chi connectivity index (χ0n) is 13.0. The molecule has 0 aromatic heterocycles. The Morgan fingerprint density at radius 1 is 1.08 bits per heavy atom. The van der Waals surface area contributed by atoms with Crippen LogP contribution in [-0.4, -0.2) is 24.1 Å². The van der Waals surface area contributed by atoms with Crippen LogP contribution in [0.4, 0.5) is 10.1 Å². The Balaban J connectivity index is 1.90. The first-order valence-electron chi connectivity index (χ1n) is 7.32. The van der Waals surface area contributed by atoms with Gasteiger partial charge in [0.1, 0.15) is 5.82 Å². The topological polar surface area (TPSA) is 58.2 Å². The fraction of sp³-hybridized carbons (Fsp3) is 0.176. The number of amides is 2. The molecule has 0 bridgehead atoms. The Morgan fingerprint density at radius 3 is 2.50 bits per heavy atom. The molecule has 7 heteroatoms. The molecular weight excluding hydrogens is 347 g/mol. The van der Waals surface area contributed by atoms with Crippen LogP contribution >= 0.6 is 21.6 Å². The minimum absolute atomic E-state index is 0.157. The predicted octanol–water partition coefficient (Wildman–Crippen LogP) is 3.95. The lowest BCUT2D eigenvalue weighted by Crippen LogP contribution is -2.33. The third-order valence-corrected chi connectivity index (χ3v) is 5.42. The maximum Gasteiger partial charge on any atom is 0.252 e. The van der Waals surface area contributed by atoms with Gasteiger partial charge in [0.2, 0.25) is 5.91 Å². The summed E-state index contributed by atoms with van der Waals surface area (Å²) in [5, 5.41) is 5.19. The SMILES string of the molecule is CCSSc1ccccc1C(=O)NCC(=O)Nc1ccc(F)cc1. The van der Waals surface area contributed by atoms with Gasteiger partial charge >= 0.3 is 0 Å². The molecule has 126 valence electrons. The zero-order valence-corrected chi connectivity index (χ0v) is 14.7. The highest BCUT2D eigenvalue weighted by molar-refractivity contribution is 8.76. The first-order valence-corrected chi connectivity index (χ1v) is 9.64. The van der Waals surface area contributed by atoms with Crippen molar-refractivity contribution in [3.8, 4) is 0 Å². The van der Waals surface area contributed by atoms with E-state index in [4.69, 9.17) is 0 Å². The maximum absolute atomic E-state index is 12.8. The van der Waals surface area contributed by atoms with E-state index in [1.165, 1.54) is 35.1 Å². The van der Waals surface area contributed by atoms with Crippen LogP contribution in [0.25, 0.3) is 0 Å². The van der Waals surface area contributed by atoms with Gasteiger partial charge < -0.3 is 10.6 Å². The molecule has 0 atom stereocenters. The highest BCUT2D eigenvalue weighted by Gasteiger charge is 2.12. The highest BCUT2D eigenvalue weighted by atomic mass is 33.1. The van der Waals surface area contributed by atoms with Gasteiger partial charge in [-0.1, -0.05) is 40.6 Å². The molecule has 0 fully saturated rings. The van der Waals surface area contributed by atoms with E-state index in [0.717, 1.165) is 10.6 Å². The predicted molar refractivity (Wildman–Crippen MR) is 97.8 cm³/mol. The molecule has 4 nitrogen and oxygen atoms in total. The van der Waals surface area contributed by atoms with E-state index in [1.807, 2.05) is 19.1 Å². The molecule has 0 aliphatic rings. The van der Waals surface area contributed by atoms with E-state index in [2.05, 4.69) is 10.6 Å². The van der Waals surface area contributed by atoms with E-state index in [-0.39, 0.29) is 24.2 Å². The van der Waals surface area contributed by atoms with E-state index < -0.39 is 0 Å². The zero-order chi connectivity index (χ0) is 17.4. The van der Waals surface area contributed by atoms with Gasteiger partial charge in [-0.2, -0.15) is 0 Å². The van der Waals surface area contributed by atoms with Crippen molar-refractivity contribution in [1.82, 2.24) is 5.32 Å². The molecule has 2 aromatic carbocycles. The minimum atomic E-state index is -0.375. The first-order chi connectivity index (χ1) is 11.6. The van der Waals surface area contributed by atoms with Crippen LogP contribution < -0.4 is 10.6 Å². The van der Waals surface area contributed by atoms with Gasteiger partial charge in [-0.25, -0.2) is 4.39 Å². The molecule has 2 amide bonds. The number of hydrogen-bond acceptors (Lipinski definition) is 4. The summed E-state index contributed by atoms with van der Waals surface area (Å²) >= 11 is 0. The molecule has 2 rings (SSSR count). The summed E-state index contributed by atoms with van der Waals surface area (Å²) in [4.78, 5) is 25.0. The number of halogens is 1. The van der Waals surface area contributed by atoms with Crippen molar-refractivity contribution < 1.29 is 14.0 Å². The molecule has 0 aliphatic heterocycles. The van der Waals surface area contributed by atoms with E-state index in [1.54, 1.807) is 22.9 Å². The lowest BCUT2D eigenvalue weighted by Gasteiger charge is -2.09. The van der Waals surface area contributed by atoms with Gasteiger partial charge in [0.25, 0.3) is 5.91 Å². The van der Waals surface area contributed by atoms with Crippen molar-refractivity contribution >= 4 is 39.1 Å². The summed E-state index contributed by atoms with van der Waals surface area (Å²) in [6.45, 7) is 1.89. The standard InChI is InChI=1S/C17H17FN2O2S2/c1-2-23-24-15-6-4-3-5-14(15)17(22)19-11-16(21)20-13-9-7-12(18)8-10-13/h3-10H,2,11H2,1H3,(H,19,22)(H,20,21). The van der Waals surface area contributed by atoms with Gasteiger partial charge in [-0.3, -0.25) is 9.59 Å². The van der Waals surface area contributed by atoms with E-state index in [0.29, 0.717) is 11.3 Å². The minimum Gasteiger partial charge on any atom is -0.343 e. The second-order valence-corrected chi connectivity index (χ2v) is 7.35. The number of carbonyl (C=O) groups is 2. The summed E-state index contributed by atoms with van der Waals surface area (Å²) < 4.78 is 12.8. The molecule has 2 N–H and O–H groups in total. The van der Waals surface area contributed by atoms with Crippen molar-refractivity contribution in [3.63, 3.8) is 0 Å². The number of benzene rings is 2. The van der Waals surface area contributed by atoms with Crippen LogP contribution in [0.3, 0.4) is 0 Å². The first kappa shape index (κ1) is 18.4. The molecule has 0 spiro atoms. The number of hydrogen-bond donors (Lipinski definition) is 2. The fourth-order valence-corrected chi connectivity index (χ4v) is 3.64. The average molecular weight is 364 g/mol. The van der Waals surface area contributed by atoms with Gasteiger partial charge in [0.15, 0.2) is 0 Å². The van der Waals surface area contributed by atoms with E-state index in [9.17, 15) is 14.0 Å². The molecule has 0 saturated heterocycles. The summed E-state index contributed by atoms with van der Waals surface area (Å²) in [6, 6.07) is 12.7. The molecule has 0 unspecified atom stereocenters. The van der Waals surface area contributed by atoms with E-state index >= 15 is 0 Å². The lowest BCUT2D eigenvalue weighted by molar-refractivity contribution is -0.115. The lowest BCUT2D eigenvalue weighted by atomic mass is 10.2. The van der Waals surface area contributed by atoms with Crippen LogP contribution in [0.15, 0.2) is 53.4 Å². The maximum atomic E-state index is 12.8. The highest BCUT2D eigenvalue weighted by Crippen LogP contribution is 2.33. The number of rotatable bonds is 7. The molecule has 0 aliphatic carbocycles. The van der Waals surface area contributed by atoms with Gasteiger partial charge in [0, 0.05) is 16.3 Å². The molecule has 2 aromatic rings. The Morgan fingerprint density at radius 2 is 1.79 bits per heavy atom. The number of anilines is 1. The third-order valence-electron chi connectivity index (χ3n) is 2.94. The van der Waals surface area contributed by atoms with Crippen LogP contribution in [-0.2, 0) is 4.79 Å². The van der Waals surface area contributed by atoms with Crippen molar-refractivity contribution in [3.05, 3.63) is 59.9 Å². The molecular formula is C17H17FN2O2S2. The van der Waals surface area contributed by atoms with Crippen molar-refractivity contribution in [2.24, 2.45) is 0 Å². The van der Waals surface area contributed by atoms with Crippen molar-refractivity contribution in [1.29, 1.82) is 0 Å². The van der Waals surface area contributed by atoms with Crippen LogP contribution in [0.1, 0.15) is 17.3 Å². The Hall–Kier alpha value is -1.99.